The van der Waals surface area contributed by atoms with Gasteiger partial charge in [0.2, 0.25) is 0 Å². The van der Waals surface area contributed by atoms with E-state index in [-0.39, 0.29) is 5.91 Å². The number of hydrazone groups is 1. The Bertz CT molecular complexity index is 902. The maximum absolute atomic E-state index is 12.0. The van der Waals surface area contributed by atoms with Crippen LogP contribution in [0.1, 0.15) is 33.5 Å². The fourth-order valence-electron chi connectivity index (χ4n) is 2.70. The average molecular weight is 372 g/mol. The number of nitrogens with zero attached hydrogens (tertiary/aromatic N) is 1. The highest BCUT2D eigenvalue weighted by atomic mass is 16.5. The molecule has 0 atom stereocenters. The van der Waals surface area contributed by atoms with Gasteiger partial charge < -0.3 is 4.74 Å². The van der Waals surface area contributed by atoms with Crippen molar-refractivity contribution in [2.45, 2.75) is 19.8 Å². The SMILES string of the molecule is Cc1ccc(C(=O)N/N=C\c2ccc(OCCCc3ccccc3)cc2)cc1. The molecule has 0 saturated carbocycles. The highest BCUT2D eigenvalue weighted by Gasteiger charge is 2.02. The normalized spacial score (nSPS) is 10.8. The molecule has 0 aliphatic rings. The number of hydrogen-bond acceptors (Lipinski definition) is 3. The molecule has 3 rings (SSSR count). The first-order valence-electron chi connectivity index (χ1n) is 9.37. The summed E-state index contributed by atoms with van der Waals surface area (Å²) in [6.07, 6.45) is 3.59. The van der Waals surface area contributed by atoms with E-state index in [2.05, 4.69) is 34.8 Å². The van der Waals surface area contributed by atoms with Crippen molar-refractivity contribution in [3.63, 3.8) is 0 Å². The smallest absolute Gasteiger partial charge is 0.271 e. The minimum absolute atomic E-state index is 0.227. The van der Waals surface area contributed by atoms with E-state index in [9.17, 15) is 4.79 Å². The molecule has 0 aliphatic carbocycles. The van der Waals surface area contributed by atoms with Crippen molar-refractivity contribution in [2.75, 3.05) is 6.61 Å². The van der Waals surface area contributed by atoms with Gasteiger partial charge in [-0.15, -0.1) is 0 Å². The number of aryl methyl sites for hydroxylation is 2. The van der Waals surface area contributed by atoms with Crippen LogP contribution in [-0.4, -0.2) is 18.7 Å². The van der Waals surface area contributed by atoms with Crippen molar-refractivity contribution in [1.82, 2.24) is 5.43 Å². The minimum Gasteiger partial charge on any atom is -0.494 e. The first-order chi connectivity index (χ1) is 13.7. The monoisotopic (exact) mass is 372 g/mol. The minimum atomic E-state index is -0.227. The van der Waals surface area contributed by atoms with E-state index in [0.717, 1.165) is 29.7 Å². The van der Waals surface area contributed by atoms with Gasteiger partial charge in [0.05, 0.1) is 12.8 Å². The molecule has 0 bridgehead atoms. The van der Waals surface area contributed by atoms with Crippen LogP contribution in [0.4, 0.5) is 0 Å². The number of hydrogen-bond donors (Lipinski definition) is 1. The van der Waals surface area contributed by atoms with Crippen molar-refractivity contribution in [2.24, 2.45) is 5.10 Å². The van der Waals surface area contributed by atoms with Crippen LogP contribution in [0.15, 0.2) is 84.0 Å². The lowest BCUT2D eigenvalue weighted by atomic mass is 10.1. The largest absolute Gasteiger partial charge is 0.494 e. The molecule has 0 fully saturated rings. The summed E-state index contributed by atoms with van der Waals surface area (Å²) >= 11 is 0. The highest BCUT2D eigenvalue weighted by Crippen LogP contribution is 2.12. The van der Waals surface area contributed by atoms with Crippen LogP contribution in [0.2, 0.25) is 0 Å². The van der Waals surface area contributed by atoms with Gasteiger partial charge in [-0.2, -0.15) is 5.10 Å². The molecule has 0 unspecified atom stereocenters. The van der Waals surface area contributed by atoms with Gasteiger partial charge in [0, 0.05) is 5.56 Å². The Hall–Kier alpha value is -3.40. The van der Waals surface area contributed by atoms with Gasteiger partial charge in [0.1, 0.15) is 5.75 Å². The van der Waals surface area contributed by atoms with Crippen LogP contribution in [0.3, 0.4) is 0 Å². The lowest BCUT2D eigenvalue weighted by Crippen LogP contribution is -2.17. The molecule has 4 nitrogen and oxygen atoms in total. The molecule has 0 aromatic heterocycles. The second-order valence-electron chi connectivity index (χ2n) is 6.57. The number of ether oxygens (including phenoxy) is 1. The third-order valence-corrected chi connectivity index (χ3v) is 4.29. The second-order valence-corrected chi connectivity index (χ2v) is 6.57. The summed E-state index contributed by atoms with van der Waals surface area (Å²) in [5, 5.41) is 4.01. The van der Waals surface area contributed by atoms with Crippen molar-refractivity contribution >= 4 is 12.1 Å². The summed E-state index contributed by atoms with van der Waals surface area (Å²) in [6.45, 7) is 2.66. The van der Waals surface area contributed by atoms with Crippen molar-refractivity contribution in [3.8, 4) is 5.75 Å². The Morgan fingerprint density at radius 1 is 0.964 bits per heavy atom. The molecule has 0 heterocycles. The highest BCUT2D eigenvalue weighted by molar-refractivity contribution is 5.94. The van der Waals surface area contributed by atoms with Gasteiger partial charge in [-0.3, -0.25) is 4.79 Å². The zero-order chi connectivity index (χ0) is 19.6. The fraction of sp³-hybridized carbons (Fsp3) is 0.167. The summed E-state index contributed by atoms with van der Waals surface area (Å²) in [5.41, 5.74) is 6.45. The van der Waals surface area contributed by atoms with Crippen LogP contribution in [0, 0.1) is 6.92 Å². The number of nitrogens with one attached hydrogen (secondary N) is 1. The summed E-state index contributed by atoms with van der Waals surface area (Å²) < 4.78 is 5.78. The van der Waals surface area contributed by atoms with E-state index in [1.165, 1.54) is 5.56 Å². The second kappa shape index (κ2) is 10.1. The summed E-state index contributed by atoms with van der Waals surface area (Å²) in [4.78, 5) is 12.0. The Kier molecular flexibility index (Phi) is 6.96. The van der Waals surface area contributed by atoms with E-state index >= 15 is 0 Å². The predicted octanol–water partition coefficient (Wildman–Crippen LogP) is 4.77. The Morgan fingerprint density at radius 2 is 1.68 bits per heavy atom. The van der Waals surface area contributed by atoms with Gasteiger partial charge in [-0.1, -0.05) is 48.0 Å². The maximum Gasteiger partial charge on any atom is 0.271 e. The van der Waals surface area contributed by atoms with Gasteiger partial charge in [0.15, 0.2) is 0 Å². The van der Waals surface area contributed by atoms with E-state index in [0.29, 0.717) is 12.2 Å². The number of carbonyl (C=O) groups is 1. The summed E-state index contributed by atoms with van der Waals surface area (Å²) in [5.74, 6) is 0.600. The van der Waals surface area contributed by atoms with Gasteiger partial charge in [-0.25, -0.2) is 5.43 Å². The van der Waals surface area contributed by atoms with Crippen LogP contribution >= 0.6 is 0 Å². The average Bonchev–Trinajstić information content (AvgIpc) is 2.73. The maximum atomic E-state index is 12.0. The number of amides is 1. The zero-order valence-electron chi connectivity index (χ0n) is 16.0. The molecule has 0 spiro atoms. The molecule has 3 aromatic carbocycles. The Morgan fingerprint density at radius 3 is 2.39 bits per heavy atom. The zero-order valence-corrected chi connectivity index (χ0v) is 16.0. The molecule has 0 aliphatic heterocycles. The molecule has 1 amide bonds. The topological polar surface area (TPSA) is 50.7 Å². The molecular weight excluding hydrogens is 348 g/mol. The number of benzene rings is 3. The van der Waals surface area contributed by atoms with E-state index in [1.807, 2.05) is 49.4 Å². The Labute approximate surface area is 165 Å². The van der Waals surface area contributed by atoms with Gasteiger partial charge >= 0.3 is 0 Å². The van der Waals surface area contributed by atoms with Gasteiger partial charge in [-0.05, 0) is 67.3 Å². The van der Waals surface area contributed by atoms with Crippen molar-refractivity contribution < 1.29 is 9.53 Å². The fourth-order valence-corrected chi connectivity index (χ4v) is 2.70. The molecule has 0 radical (unpaired) electrons. The molecule has 0 saturated heterocycles. The third-order valence-electron chi connectivity index (χ3n) is 4.29. The van der Waals surface area contributed by atoms with Crippen LogP contribution < -0.4 is 10.2 Å². The summed E-state index contributed by atoms with van der Waals surface area (Å²) in [6, 6.07) is 25.4. The molecule has 3 aromatic rings. The quantitative estimate of drug-likeness (QED) is 0.352. The first kappa shape index (κ1) is 19.4. The Balaban J connectivity index is 1.41. The molecular formula is C24H24N2O2. The molecule has 142 valence electrons. The lowest BCUT2D eigenvalue weighted by Gasteiger charge is -2.06. The van der Waals surface area contributed by atoms with Crippen molar-refractivity contribution in [3.05, 3.63) is 101 Å². The standard InChI is InChI=1S/C24H24N2O2/c1-19-9-13-22(14-10-19)24(27)26-25-18-21-11-15-23(16-12-21)28-17-5-8-20-6-3-2-4-7-20/h2-4,6-7,9-16,18H,5,8,17H2,1H3,(H,26,27)/b25-18-. The molecule has 28 heavy (non-hydrogen) atoms. The van der Waals surface area contributed by atoms with Crippen LogP contribution in [0.5, 0.6) is 5.75 Å². The first-order valence-corrected chi connectivity index (χ1v) is 9.37. The molecule has 1 N–H and O–H groups in total. The molecule has 4 heteroatoms. The van der Waals surface area contributed by atoms with E-state index in [1.54, 1.807) is 18.3 Å². The van der Waals surface area contributed by atoms with E-state index in [4.69, 9.17) is 4.74 Å². The number of carbonyl (C=O) groups excluding carboxylic acids is 1. The van der Waals surface area contributed by atoms with Crippen LogP contribution in [0.25, 0.3) is 0 Å². The predicted molar refractivity (Wildman–Crippen MR) is 113 cm³/mol. The van der Waals surface area contributed by atoms with E-state index < -0.39 is 0 Å². The summed E-state index contributed by atoms with van der Waals surface area (Å²) in [7, 11) is 0. The number of rotatable bonds is 8. The lowest BCUT2D eigenvalue weighted by molar-refractivity contribution is 0.0955. The van der Waals surface area contributed by atoms with Crippen molar-refractivity contribution in [1.29, 1.82) is 0 Å². The third kappa shape index (κ3) is 6.09. The van der Waals surface area contributed by atoms with Crippen LogP contribution in [-0.2, 0) is 6.42 Å². The van der Waals surface area contributed by atoms with Gasteiger partial charge in [0.25, 0.3) is 5.91 Å².